The van der Waals surface area contributed by atoms with E-state index in [-0.39, 0.29) is 17.7 Å². The maximum absolute atomic E-state index is 13.5. The number of nitrogens with one attached hydrogen (secondary N) is 1. The Hall–Kier alpha value is -3.60. The van der Waals surface area contributed by atoms with Crippen LogP contribution in [0.3, 0.4) is 0 Å². The number of amides is 2. The van der Waals surface area contributed by atoms with Gasteiger partial charge in [-0.25, -0.2) is 0 Å². The van der Waals surface area contributed by atoms with Gasteiger partial charge in [0.05, 0.1) is 7.11 Å². The summed E-state index contributed by atoms with van der Waals surface area (Å²) in [6.07, 6.45) is 0.445. The van der Waals surface area contributed by atoms with Gasteiger partial charge in [0.1, 0.15) is 11.8 Å². The molecular formula is C28H32N2O3. The van der Waals surface area contributed by atoms with Crippen LogP contribution in [-0.4, -0.2) is 29.9 Å². The largest absolute Gasteiger partial charge is 0.497 e. The third-order valence-corrected chi connectivity index (χ3v) is 5.55. The second-order valence-corrected chi connectivity index (χ2v) is 8.38. The van der Waals surface area contributed by atoms with Gasteiger partial charge >= 0.3 is 0 Å². The van der Waals surface area contributed by atoms with E-state index < -0.39 is 6.04 Å². The first-order valence-corrected chi connectivity index (χ1v) is 11.3. The van der Waals surface area contributed by atoms with Crippen LogP contribution >= 0.6 is 0 Å². The molecule has 3 rings (SSSR count). The molecule has 0 radical (unpaired) electrons. The number of hydrogen-bond donors (Lipinski definition) is 1. The molecule has 0 fully saturated rings. The zero-order chi connectivity index (χ0) is 23.6. The van der Waals surface area contributed by atoms with Gasteiger partial charge in [0.2, 0.25) is 11.8 Å². The highest BCUT2D eigenvalue weighted by atomic mass is 16.5. The Balaban J connectivity index is 1.85. The normalized spacial score (nSPS) is 11.6. The van der Waals surface area contributed by atoms with E-state index in [1.54, 1.807) is 12.0 Å². The van der Waals surface area contributed by atoms with Crippen molar-refractivity contribution in [1.82, 2.24) is 10.2 Å². The zero-order valence-corrected chi connectivity index (χ0v) is 19.5. The van der Waals surface area contributed by atoms with Crippen molar-refractivity contribution in [3.63, 3.8) is 0 Å². The number of hydrogen-bond acceptors (Lipinski definition) is 3. The third-order valence-electron chi connectivity index (χ3n) is 5.55. The highest BCUT2D eigenvalue weighted by molar-refractivity contribution is 5.88. The number of carbonyl (C=O) groups is 2. The molecule has 33 heavy (non-hydrogen) atoms. The fraction of sp³-hybridized carbons (Fsp3) is 0.286. The Bertz CT molecular complexity index is 1020. The Morgan fingerprint density at radius 1 is 0.818 bits per heavy atom. The Morgan fingerprint density at radius 3 is 1.94 bits per heavy atom. The van der Waals surface area contributed by atoms with E-state index in [1.165, 1.54) is 0 Å². The summed E-state index contributed by atoms with van der Waals surface area (Å²) >= 11 is 0. The lowest BCUT2D eigenvalue weighted by Gasteiger charge is -2.32. The van der Waals surface area contributed by atoms with Gasteiger partial charge in [-0.1, -0.05) is 86.6 Å². The summed E-state index contributed by atoms with van der Waals surface area (Å²) in [6, 6.07) is 26.6. The minimum absolute atomic E-state index is 0.0422. The van der Waals surface area contributed by atoms with Crippen LogP contribution < -0.4 is 10.1 Å². The van der Waals surface area contributed by atoms with Crippen molar-refractivity contribution in [3.8, 4) is 5.75 Å². The van der Waals surface area contributed by atoms with E-state index in [2.05, 4.69) is 5.32 Å². The first kappa shape index (κ1) is 24.1. The van der Waals surface area contributed by atoms with Crippen LogP contribution in [0.15, 0.2) is 84.9 Å². The summed E-state index contributed by atoms with van der Waals surface area (Å²) < 4.78 is 5.20. The van der Waals surface area contributed by atoms with Gasteiger partial charge in [0.25, 0.3) is 0 Å². The lowest BCUT2D eigenvalue weighted by Crippen LogP contribution is -2.51. The van der Waals surface area contributed by atoms with Crippen molar-refractivity contribution >= 4 is 11.8 Å². The van der Waals surface area contributed by atoms with Crippen LogP contribution in [0.4, 0.5) is 0 Å². The summed E-state index contributed by atoms with van der Waals surface area (Å²) in [5.41, 5.74) is 2.97. The topological polar surface area (TPSA) is 58.6 Å². The molecule has 1 atom stereocenters. The van der Waals surface area contributed by atoms with Gasteiger partial charge in [-0.2, -0.15) is 0 Å². The highest BCUT2D eigenvalue weighted by Gasteiger charge is 2.31. The summed E-state index contributed by atoms with van der Waals surface area (Å²) in [5, 5.41) is 3.04. The van der Waals surface area contributed by atoms with Crippen LogP contribution in [0.1, 0.15) is 30.5 Å². The molecule has 2 amide bonds. The summed E-state index contributed by atoms with van der Waals surface area (Å²) in [6.45, 7) is 4.50. The molecule has 5 nitrogen and oxygen atoms in total. The predicted molar refractivity (Wildman–Crippen MR) is 131 cm³/mol. The molecule has 5 heteroatoms. The van der Waals surface area contributed by atoms with E-state index in [1.807, 2.05) is 98.8 Å². The Labute approximate surface area is 196 Å². The minimum Gasteiger partial charge on any atom is -0.497 e. The van der Waals surface area contributed by atoms with Gasteiger partial charge in [-0.3, -0.25) is 9.59 Å². The van der Waals surface area contributed by atoms with E-state index in [0.29, 0.717) is 19.5 Å². The highest BCUT2D eigenvalue weighted by Crippen LogP contribution is 2.18. The number of carbonyl (C=O) groups excluding carboxylic acids is 2. The van der Waals surface area contributed by atoms with Crippen molar-refractivity contribution in [2.75, 3.05) is 7.11 Å². The number of methoxy groups -OCH3 is 1. The number of benzene rings is 3. The minimum atomic E-state index is -0.624. The van der Waals surface area contributed by atoms with Crippen molar-refractivity contribution < 1.29 is 14.3 Å². The Kier molecular flexibility index (Phi) is 8.64. The quantitative estimate of drug-likeness (QED) is 0.497. The van der Waals surface area contributed by atoms with Crippen LogP contribution in [0.25, 0.3) is 0 Å². The standard InChI is InChI=1S/C28H32N2O3/c1-21(2)28(32)30(20-24-12-8-5-9-13-24)26(18-22-10-6-4-7-11-22)27(31)29-19-23-14-16-25(33-3)17-15-23/h4-17,21,26H,18-20H2,1-3H3,(H,29,31)/t26-/m1/s1. The van der Waals surface area contributed by atoms with Gasteiger partial charge in [0.15, 0.2) is 0 Å². The maximum atomic E-state index is 13.5. The summed E-state index contributed by atoms with van der Waals surface area (Å²) in [4.78, 5) is 28.5. The van der Waals surface area contributed by atoms with Crippen LogP contribution in [0.2, 0.25) is 0 Å². The maximum Gasteiger partial charge on any atom is 0.243 e. The first-order valence-electron chi connectivity index (χ1n) is 11.3. The molecule has 0 aromatic heterocycles. The van der Waals surface area contributed by atoms with Crippen LogP contribution in [0, 0.1) is 5.92 Å². The SMILES string of the molecule is COc1ccc(CNC(=O)[C@@H](Cc2ccccc2)N(Cc2ccccc2)C(=O)C(C)C)cc1. The number of rotatable bonds is 10. The fourth-order valence-electron chi connectivity index (χ4n) is 3.69. The zero-order valence-electron chi connectivity index (χ0n) is 19.5. The van der Waals surface area contributed by atoms with Crippen molar-refractivity contribution in [2.45, 2.75) is 39.4 Å². The van der Waals surface area contributed by atoms with Gasteiger partial charge < -0.3 is 15.0 Å². The fourth-order valence-corrected chi connectivity index (χ4v) is 3.69. The molecule has 3 aromatic carbocycles. The lowest BCUT2D eigenvalue weighted by atomic mass is 10.0. The molecule has 0 unspecified atom stereocenters. The first-order chi connectivity index (χ1) is 16.0. The molecule has 0 aliphatic rings. The summed E-state index contributed by atoms with van der Waals surface area (Å²) in [5.74, 6) is 0.337. The lowest BCUT2D eigenvalue weighted by molar-refractivity contribution is -0.143. The smallest absolute Gasteiger partial charge is 0.243 e. The second-order valence-electron chi connectivity index (χ2n) is 8.38. The van der Waals surface area contributed by atoms with E-state index in [4.69, 9.17) is 4.74 Å². The molecule has 3 aromatic rings. The van der Waals surface area contributed by atoms with Crippen LogP contribution in [0.5, 0.6) is 5.75 Å². The monoisotopic (exact) mass is 444 g/mol. The predicted octanol–water partition coefficient (Wildman–Crippen LogP) is 4.61. The van der Waals surface area contributed by atoms with Crippen molar-refractivity contribution in [2.24, 2.45) is 5.92 Å². The van der Waals surface area contributed by atoms with Crippen molar-refractivity contribution in [1.29, 1.82) is 0 Å². The molecule has 0 spiro atoms. The molecule has 0 aliphatic carbocycles. The van der Waals surface area contributed by atoms with Gasteiger partial charge in [0, 0.05) is 25.4 Å². The average molecular weight is 445 g/mol. The molecular weight excluding hydrogens is 412 g/mol. The molecule has 0 saturated carbocycles. The Morgan fingerprint density at radius 2 is 1.39 bits per heavy atom. The molecule has 1 N–H and O–H groups in total. The molecule has 172 valence electrons. The number of nitrogens with zero attached hydrogens (tertiary/aromatic N) is 1. The summed E-state index contributed by atoms with van der Waals surface area (Å²) in [7, 11) is 1.62. The van der Waals surface area contributed by atoms with E-state index in [0.717, 1.165) is 22.4 Å². The van der Waals surface area contributed by atoms with Crippen LogP contribution in [-0.2, 0) is 29.1 Å². The third kappa shape index (κ3) is 6.94. The molecule has 0 saturated heterocycles. The number of ether oxygens (including phenoxy) is 1. The molecule has 0 aliphatic heterocycles. The van der Waals surface area contributed by atoms with Gasteiger partial charge in [-0.05, 0) is 28.8 Å². The average Bonchev–Trinajstić information content (AvgIpc) is 2.85. The second kappa shape index (κ2) is 11.9. The van der Waals surface area contributed by atoms with Crippen molar-refractivity contribution in [3.05, 3.63) is 102 Å². The molecule has 0 bridgehead atoms. The van der Waals surface area contributed by atoms with Gasteiger partial charge in [-0.15, -0.1) is 0 Å². The molecule has 0 heterocycles. The van der Waals surface area contributed by atoms with E-state index in [9.17, 15) is 9.59 Å². The van der Waals surface area contributed by atoms with E-state index >= 15 is 0 Å².